The summed E-state index contributed by atoms with van der Waals surface area (Å²) >= 11 is 0. The van der Waals surface area contributed by atoms with Crippen LogP contribution in [-0.2, 0) is 34.0 Å². The maximum Gasteiger partial charge on any atom is 0.305 e. The predicted octanol–water partition coefficient (Wildman–Crippen LogP) is 3.17. The minimum absolute atomic E-state index is 0.101. The second-order valence-electron chi connectivity index (χ2n) is 13.4. The number of nitrogens with one attached hydrogen (secondary N) is 3. The van der Waals surface area contributed by atoms with Crippen molar-refractivity contribution >= 4 is 56.0 Å². The highest BCUT2D eigenvalue weighted by atomic mass is 32.2. The molecule has 0 saturated heterocycles. The number of halogens is 1. The first-order valence-electron chi connectivity index (χ1n) is 15.5. The normalized spacial score (nSPS) is 21.8. The minimum Gasteiger partial charge on any atom is -0.481 e. The Morgan fingerprint density at radius 2 is 1.87 bits per heavy atom. The van der Waals surface area contributed by atoms with Gasteiger partial charge in [-0.05, 0) is 55.2 Å². The van der Waals surface area contributed by atoms with Crippen molar-refractivity contribution in [1.82, 2.24) is 15.0 Å². The van der Waals surface area contributed by atoms with Gasteiger partial charge in [0.1, 0.15) is 11.6 Å². The lowest BCUT2D eigenvalue weighted by atomic mass is 9.70. The molecule has 12 nitrogen and oxygen atoms in total. The molecule has 2 aromatic rings. The Labute approximate surface area is 267 Å². The van der Waals surface area contributed by atoms with Crippen LogP contribution < -0.4 is 14.9 Å². The largest absolute Gasteiger partial charge is 0.481 e. The molecule has 2 amide bonds. The zero-order valence-electron chi connectivity index (χ0n) is 26.8. The molecule has 0 aliphatic heterocycles. The number of amides is 2. The Hall–Kier alpha value is -3.65. The van der Waals surface area contributed by atoms with Gasteiger partial charge in [-0.25, -0.2) is 17.5 Å². The lowest BCUT2D eigenvalue weighted by Crippen LogP contribution is -2.51. The number of benzene rings is 1. The Bertz CT molecular complexity index is 1650. The SMILES string of the molecule is CCN(C(=O)CC(C(=O)NC(CC(=O)O)C(=O)CNS(=O)(=O)CC12CCC(CC1=O)C2(C)C)C(C)C)c1c[nH]c2cc(F)ccc12. The van der Waals surface area contributed by atoms with Gasteiger partial charge in [-0.15, -0.1) is 0 Å². The summed E-state index contributed by atoms with van der Waals surface area (Å²) in [5.41, 5.74) is -0.554. The second-order valence-corrected chi connectivity index (χ2v) is 15.2. The fraction of sp³-hybridized carbons (Fsp3) is 0.594. The number of sulfonamides is 1. The van der Waals surface area contributed by atoms with Gasteiger partial charge in [-0.2, -0.15) is 0 Å². The summed E-state index contributed by atoms with van der Waals surface area (Å²) in [4.78, 5) is 68.9. The van der Waals surface area contributed by atoms with E-state index in [4.69, 9.17) is 0 Å². The van der Waals surface area contributed by atoms with E-state index in [-0.39, 0.29) is 30.6 Å². The molecule has 0 spiro atoms. The summed E-state index contributed by atoms with van der Waals surface area (Å²) in [6.45, 7) is 8.44. The van der Waals surface area contributed by atoms with Crippen LogP contribution in [0.3, 0.4) is 0 Å². The smallest absolute Gasteiger partial charge is 0.305 e. The number of aliphatic carboxylic acids is 1. The van der Waals surface area contributed by atoms with Crippen LogP contribution in [0.2, 0.25) is 0 Å². The Morgan fingerprint density at radius 1 is 1.17 bits per heavy atom. The number of fused-ring (bicyclic) bond motifs is 3. The van der Waals surface area contributed by atoms with E-state index in [1.807, 2.05) is 13.8 Å². The van der Waals surface area contributed by atoms with Gasteiger partial charge in [0.15, 0.2) is 5.78 Å². The quantitative estimate of drug-likeness (QED) is 0.224. The zero-order valence-corrected chi connectivity index (χ0v) is 27.6. The molecule has 1 heterocycles. The van der Waals surface area contributed by atoms with Crippen molar-refractivity contribution in [3.05, 3.63) is 30.2 Å². The molecule has 2 fully saturated rings. The molecule has 2 aliphatic rings. The third kappa shape index (κ3) is 6.87. The number of carboxylic acids is 1. The van der Waals surface area contributed by atoms with Crippen molar-refractivity contribution in [1.29, 1.82) is 0 Å². The van der Waals surface area contributed by atoms with Crippen LogP contribution in [0, 0.1) is 34.4 Å². The molecule has 4 N–H and O–H groups in total. The van der Waals surface area contributed by atoms with Gasteiger partial charge in [-0.1, -0.05) is 27.7 Å². The fourth-order valence-electron chi connectivity index (χ4n) is 7.20. The summed E-state index contributed by atoms with van der Waals surface area (Å²) in [7, 11) is -4.12. The molecule has 2 bridgehead atoms. The van der Waals surface area contributed by atoms with Crippen LogP contribution in [0.4, 0.5) is 10.1 Å². The Balaban J connectivity index is 1.44. The molecule has 252 valence electrons. The van der Waals surface area contributed by atoms with Gasteiger partial charge < -0.3 is 20.3 Å². The summed E-state index contributed by atoms with van der Waals surface area (Å²) in [6.07, 6.45) is 2.03. The van der Waals surface area contributed by atoms with Gasteiger partial charge in [0.25, 0.3) is 0 Å². The van der Waals surface area contributed by atoms with Gasteiger partial charge >= 0.3 is 5.97 Å². The number of aromatic amines is 1. The third-order valence-electron chi connectivity index (χ3n) is 10.2. The minimum atomic E-state index is -4.12. The monoisotopic (exact) mass is 662 g/mol. The number of ketones is 2. The molecule has 4 unspecified atom stereocenters. The Morgan fingerprint density at radius 3 is 2.43 bits per heavy atom. The van der Waals surface area contributed by atoms with Gasteiger partial charge in [0.2, 0.25) is 21.8 Å². The second kappa shape index (κ2) is 13.2. The molecular weight excluding hydrogens is 619 g/mol. The molecule has 1 aromatic heterocycles. The molecule has 4 rings (SSSR count). The lowest BCUT2D eigenvalue weighted by molar-refractivity contribution is -0.140. The van der Waals surface area contributed by atoms with Crippen molar-refractivity contribution in [2.24, 2.45) is 28.6 Å². The number of Topliss-reactive ketones (excluding diaryl/α,β-unsaturated/α-hetero) is 2. The van der Waals surface area contributed by atoms with E-state index >= 15 is 0 Å². The average molecular weight is 663 g/mol. The molecule has 4 atom stereocenters. The number of hydrogen-bond acceptors (Lipinski definition) is 7. The van der Waals surface area contributed by atoms with Crippen molar-refractivity contribution in [3.8, 4) is 0 Å². The molecule has 46 heavy (non-hydrogen) atoms. The number of rotatable bonds is 15. The van der Waals surface area contributed by atoms with E-state index < -0.39 is 80.9 Å². The van der Waals surface area contributed by atoms with E-state index in [9.17, 15) is 41.9 Å². The standard InChI is InChI=1S/C32H43FN4O8S/c1-6-37(25-15-34-23-12-20(33)7-8-21(23)25)28(40)13-22(18(2)3)30(43)36-24(14-29(41)42)26(38)16-35-46(44,45)17-32-10-9-19(11-27(32)39)31(32,4)5/h7-8,12,15,18-19,22,24,34-35H,6,9-11,13-14,16-17H2,1-5H3,(H,36,43)(H,41,42). The number of aromatic nitrogens is 1. The number of anilines is 1. The van der Waals surface area contributed by atoms with E-state index in [0.717, 1.165) is 6.42 Å². The van der Waals surface area contributed by atoms with Crippen molar-refractivity contribution in [2.75, 3.05) is 23.7 Å². The third-order valence-corrected chi connectivity index (χ3v) is 11.6. The number of hydrogen-bond donors (Lipinski definition) is 4. The summed E-state index contributed by atoms with van der Waals surface area (Å²) in [6, 6.07) is 2.57. The first-order valence-corrected chi connectivity index (χ1v) is 17.2. The number of H-pyrrole nitrogens is 1. The first-order chi connectivity index (χ1) is 21.4. The van der Waals surface area contributed by atoms with E-state index in [1.54, 1.807) is 33.0 Å². The summed E-state index contributed by atoms with van der Waals surface area (Å²) < 4.78 is 42.1. The maximum absolute atomic E-state index is 13.7. The first kappa shape index (κ1) is 35.2. The molecule has 14 heteroatoms. The fourth-order valence-corrected chi connectivity index (χ4v) is 8.99. The van der Waals surface area contributed by atoms with E-state index in [0.29, 0.717) is 29.4 Å². The predicted molar refractivity (Wildman–Crippen MR) is 169 cm³/mol. The number of carbonyl (C=O) groups excluding carboxylic acids is 4. The maximum atomic E-state index is 13.7. The zero-order chi connectivity index (χ0) is 34.2. The molecule has 1 aromatic carbocycles. The highest BCUT2D eigenvalue weighted by Crippen LogP contribution is 2.64. The van der Waals surface area contributed by atoms with Gasteiger partial charge in [0.05, 0.1) is 36.0 Å². The highest BCUT2D eigenvalue weighted by Gasteiger charge is 2.65. The van der Waals surface area contributed by atoms with Crippen LogP contribution in [-0.4, -0.2) is 72.7 Å². The number of nitrogens with zero attached hydrogens (tertiary/aromatic N) is 1. The van der Waals surface area contributed by atoms with Crippen molar-refractivity contribution in [3.63, 3.8) is 0 Å². The van der Waals surface area contributed by atoms with Crippen molar-refractivity contribution < 1.29 is 41.9 Å². The van der Waals surface area contributed by atoms with Gasteiger partial charge in [0, 0.05) is 42.3 Å². The van der Waals surface area contributed by atoms with Crippen LogP contribution in [0.25, 0.3) is 10.9 Å². The van der Waals surface area contributed by atoms with Crippen LogP contribution in [0.15, 0.2) is 24.4 Å². The molecular formula is C32H43FN4O8S. The molecule has 2 aliphatic carbocycles. The molecule has 0 radical (unpaired) electrons. The van der Waals surface area contributed by atoms with Crippen LogP contribution >= 0.6 is 0 Å². The summed E-state index contributed by atoms with van der Waals surface area (Å²) in [5, 5.41) is 12.5. The van der Waals surface area contributed by atoms with Crippen LogP contribution in [0.1, 0.15) is 66.7 Å². The van der Waals surface area contributed by atoms with Gasteiger partial charge in [-0.3, -0.25) is 24.0 Å². The van der Waals surface area contributed by atoms with E-state index in [1.165, 1.54) is 17.0 Å². The lowest BCUT2D eigenvalue weighted by Gasteiger charge is -2.36. The number of carboxylic acid groups (broad SMARTS) is 1. The summed E-state index contributed by atoms with van der Waals surface area (Å²) in [5.74, 6) is -5.64. The van der Waals surface area contributed by atoms with Crippen molar-refractivity contribution in [2.45, 2.75) is 72.8 Å². The molecule has 2 saturated carbocycles. The van der Waals surface area contributed by atoms with E-state index in [2.05, 4.69) is 15.0 Å². The average Bonchev–Trinajstić information content (AvgIpc) is 3.53. The number of carbonyl (C=O) groups is 5. The topological polar surface area (TPSA) is 183 Å². The van der Waals surface area contributed by atoms with Crippen LogP contribution in [0.5, 0.6) is 0 Å². The Kier molecular flexibility index (Phi) is 10.1. The highest BCUT2D eigenvalue weighted by molar-refractivity contribution is 7.89.